The summed E-state index contributed by atoms with van der Waals surface area (Å²) in [6.07, 6.45) is 2.55. The van der Waals surface area contributed by atoms with Crippen molar-refractivity contribution in [2.75, 3.05) is 25.0 Å². The van der Waals surface area contributed by atoms with Gasteiger partial charge in [-0.1, -0.05) is 19.1 Å². The first-order chi connectivity index (χ1) is 8.56. The monoisotopic (exact) mass is 266 g/mol. The van der Waals surface area contributed by atoms with Crippen LogP contribution in [0.5, 0.6) is 0 Å². The lowest BCUT2D eigenvalue weighted by molar-refractivity contribution is -0.119. The molecular weight excluding hydrogens is 248 g/mol. The van der Waals surface area contributed by atoms with Gasteiger partial charge >= 0.3 is 0 Å². The van der Waals surface area contributed by atoms with Crippen molar-refractivity contribution < 1.29 is 4.79 Å². The fourth-order valence-corrected chi connectivity index (χ4v) is 1.67. The van der Waals surface area contributed by atoms with E-state index in [4.69, 9.17) is 18.0 Å². The highest BCUT2D eigenvalue weighted by molar-refractivity contribution is 7.80. The van der Waals surface area contributed by atoms with E-state index in [9.17, 15) is 4.79 Å². The lowest BCUT2D eigenvalue weighted by Gasteiger charge is -2.20. The standard InChI is InChI=1S/C12H18N4OS/c1-3-6-14-10(17)8-16(2)9-5-4-7-15-11(9)12(13)18/h4-5,7H,3,6,8H2,1-2H3,(H2,13,18)(H,14,17). The first-order valence-corrected chi connectivity index (χ1v) is 6.19. The van der Waals surface area contributed by atoms with Crippen LogP contribution in [-0.4, -0.2) is 36.0 Å². The second kappa shape index (κ2) is 6.90. The number of rotatable bonds is 6. The first-order valence-electron chi connectivity index (χ1n) is 5.79. The van der Waals surface area contributed by atoms with Gasteiger partial charge in [0.2, 0.25) is 5.91 Å². The van der Waals surface area contributed by atoms with Gasteiger partial charge in [-0.15, -0.1) is 0 Å². The number of pyridine rings is 1. The minimum atomic E-state index is -0.0305. The fourth-order valence-electron chi connectivity index (χ4n) is 1.52. The molecule has 6 heteroatoms. The van der Waals surface area contributed by atoms with Crippen LogP contribution in [0.15, 0.2) is 18.3 Å². The number of hydrogen-bond acceptors (Lipinski definition) is 4. The minimum absolute atomic E-state index is 0.0305. The fraction of sp³-hybridized carbons (Fsp3) is 0.417. The molecule has 0 bridgehead atoms. The molecule has 98 valence electrons. The summed E-state index contributed by atoms with van der Waals surface area (Å²) < 4.78 is 0. The third kappa shape index (κ3) is 3.96. The SMILES string of the molecule is CCCNC(=O)CN(C)c1cccnc1C(N)=S. The number of nitrogens with one attached hydrogen (secondary N) is 1. The Morgan fingerprint density at radius 3 is 2.94 bits per heavy atom. The van der Waals surface area contributed by atoms with Crippen LogP contribution in [0, 0.1) is 0 Å². The van der Waals surface area contributed by atoms with Gasteiger partial charge in [-0.3, -0.25) is 9.78 Å². The summed E-state index contributed by atoms with van der Waals surface area (Å²) in [4.78, 5) is 17.8. The summed E-state index contributed by atoms with van der Waals surface area (Å²) in [5.74, 6) is -0.0305. The molecule has 0 aliphatic rings. The zero-order valence-electron chi connectivity index (χ0n) is 10.6. The molecule has 0 fully saturated rings. The predicted molar refractivity (Wildman–Crippen MR) is 76.7 cm³/mol. The summed E-state index contributed by atoms with van der Waals surface area (Å²) in [5, 5.41) is 2.82. The van der Waals surface area contributed by atoms with Crippen molar-refractivity contribution in [1.82, 2.24) is 10.3 Å². The van der Waals surface area contributed by atoms with Crippen molar-refractivity contribution in [2.24, 2.45) is 5.73 Å². The third-order valence-corrected chi connectivity index (χ3v) is 2.58. The normalized spacial score (nSPS) is 9.89. The van der Waals surface area contributed by atoms with E-state index in [-0.39, 0.29) is 17.4 Å². The summed E-state index contributed by atoms with van der Waals surface area (Å²) in [7, 11) is 1.81. The molecule has 1 heterocycles. The van der Waals surface area contributed by atoms with Crippen LogP contribution in [0.2, 0.25) is 0 Å². The smallest absolute Gasteiger partial charge is 0.239 e. The zero-order valence-corrected chi connectivity index (χ0v) is 11.5. The molecule has 0 saturated heterocycles. The number of hydrogen-bond donors (Lipinski definition) is 2. The Morgan fingerprint density at radius 1 is 1.61 bits per heavy atom. The number of amides is 1. The van der Waals surface area contributed by atoms with E-state index in [0.29, 0.717) is 12.2 Å². The van der Waals surface area contributed by atoms with Crippen LogP contribution in [0.1, 0.15) is 19.0 Å². The largest absolute Gasteiger partial charge is 0.388 e. The van der Waals surface area contributed by atoms with Gasteiger partial charge in [0, 0.05) is 19.8 Å². The van der Waals surface area contributed by atoms with Crippen molar-refractivity contribution in [3.8, 4) is 0 Å². The molecule has 0 spiro atoms. The Bertz CT molecular complexity index is 436. The molecule has 0 radical (unpaired) electrons. The minimum Gasteiger partial charge on any atom is -0.388 e. The van der Waals surface area contributed by atoms with Crippen LogP contribution < -0.4 is 16.0 Å². The lowest BCUT2D eigenvalue weighted by atomic mass is 10.2. The maximum Gasteiger partial charge on any atom is 0.239 e. The number of nitrogens with zero attached hydrogens (tertiary/aromatic N) is 2. The molecule has 0 saturated carbocycles. The van der Waals surface area contributed by atoms with Crippen LogP contribution in [0.25, 0.3) is 0 Å². The number of nitrogens with two attached hydrogens (primary N) is 1. The molecule has 0 aliphatic heterocycles. The first kappa shape index (κ1) is 14.4. The molecular formula is C12H18N4OS. The van der Waals surface area contributed by atoms with Gasteiger partial charge in [0.15, 0.2) is 0 Å². The number of aromatic nitrogens is 1. The molecule has 3 N–H and O–H groups in total. The van der Waals surface area contributed by atoms with Crippen molar-refractivity contribution in [3.63, 3.8) is 0 Å². The molecule has 0 aliphatic carbocycles. The molecule has 1 amide bonds. The summed E-state index contributed by atoms with van der Waals surface area (Å²) in [6.45, 7) is 2.94. The number of anilines is 1. The molecule has 1 aromatic rings. The van der Waals surface area contributed by atoms with E-state index in [2.05, 4.69) is 10.3 Å². The Hall–Kier alpha value is -1.69. The molecule has 0 unspecified atom stereocenters. The Kier molecular flexibility index (Phi) is 5.51. The molecule has 1 aromatic heterocycles. The number of carbonyl (C=O) groups is 1. The van der Waals surface area contributed by atoms with Crippen molar-refractivity contribution in [3.05, 3.63) is 24.0 Å². The van der Waals surface area contributed by atoms with Gasteiger partial charge in [-0.2, -0.15) is 0 Å². The highest BCUT2D eigenvalue weighted by Crippen LogP contribution is 2.16. The molecule has 5 nitrogen and oxygen atoms in total. The summed E-state index contributed by atoms with van der Waals surface area (Å²) in [6, 6.07) is 3.63. The maximum absolute atomic E-state index is 11.6. The van der Waals surface area contributed by atoms with Crippen molar-refractivity contribution in [1.29, 1.82) is 0 Å². The van der Waals surface area contributed by atoms with Gasteiger partial charge in [0.05, 0.1) is 12.2 Å². The highest BCUT2D eigenvalue weighted by Gasteiger charge is 2.12. The lowest BCUT2D eigenvalue weighted by Crippen LogP contribution is -2.36. The summed E-state index contributed by atoms with van der Waals surface area (Å²) in [5.41, 5.74) is 6.91. The second-order valence-corrected chi connectivity index (χ2v) is 4.38. The van der Waals surface area contributed by atoms with Crippen LogP contribution >= 0.6 is 12.2 Å². The van der Waals surface area contributed by atoms with E-state index >= 15 is 0 Å². The van der Waals surface area contributed by atoms with Gasteiger partial charge in [-0.05, 0) is 18.6 Å². The average molecular weight is 266 g/mol. The number of carbonyl (C=O) groups excluding carboxylic acids is 1. The Balaban J connectivity index is 2.75. The average Bonchev–Trinajstić information content (AvgIpc) is 2.36. The van der Waals surface area contributed by atoms with Gasteiger partial charge < -0.3 is 16.0 Å². The summed E-state index contributed by atoms with van der Waals surface area (Å²) >= 11 is 4.94. The van der Waals surface area contributed by atoms with Gasteiger partial charge in [-0.25, -0.2) is 0 Å². The zero-order chi connectivity index (χ0) is 13.5. The highest BCUT2D eigenvalue weighted by atomic mass is 32.1. The van der Waals surface area contributed by atoms with E-state index in [1.54, 1.807) is 17.2 Å². The molecule has 0 atom stereocenters. The van der Waals surface area contributed by atoms with E-state index in [1.165, 1.54) is 0 Å². The van der Waals surface area contributed by atoms with Crippen molar-refractivity contribution >= 4 is 28.8 Å². The van der Waals surface area contributed by atoms with Gasteiger partial charge in [0.1, 0.15) is 10.7 Å². The van der Waals surface area contributed by atoms with Crippen molar-refractivity contribution in [2.45, 2.75) is 13.3 Å². The number of likely N-dealkylation sites (N-methyl/N-ethyl adjacent to an activating group) is 1. The number of thiocarbonyl (C=S) groups is 1. The van der Waals surface area contributed by atoms with Crippen LogP contribution in [0.3, 0.4) is 0 Å². The van der Waals surface area contributed by atoms with Gasteiger partial charge in [0.25, 0.3) is 0 Å². The molecule has 1 rings (SSSR count). The van der Waals surface area contributed by atoms with E-state index in [1.807, 2.05) is 20.0 Å². The third-order valence-electron chi connectivity index (χ3n) is 2.38. The quantitative estimate of drug-likeness (QED) is 0.741. The second-order valence-electron chi connectivity index (χ2n) is 3.94. The van der Waals surface area contributed by atoms with Crippen LogP contribution in [0.4, 0.5) is 5.69 Å². The molecule has 0 aromatic carbocycles. The Labute approximate surface area is 112 Å². The predicted octanol–water partition coefficient (Wildman–Crippen LogP) is 0.678. The van der Waals surface area contributed by atoms with E-state index < -0.39 is 0 Å². The Morgan fingerprint density at radius 2 is 2.33 bits per heavy atom. The molecule has 18 heavy (non-hydrogen) atoms. The maximum atomic E-state index is 11.6. The van der Waals surface area contributed by atoms with E-state index in [0.717, 1.165) is 12.1 Å². The topological polar surface area (TPSA) is 71.2 Å². The van der Waals surface area contributed by atoms with Crippen LogP contribution in [-0.2, 0) is 4.79 Å².